The minimum atomic E-state index is 0.145. The van der Waals surface area contributed by atoms with E-state index in [0.29, 0.717) is 24.6 Å². The Morgan fingerprint density at radius 1 is 1.71 bits per heavy atom. The maximum absolute atomic E-state index is 11.5. The number of carbonyl (C=O) groups is 1. The van der Waals surface area contributed by atoms with Crippen molar-refractivity contribution in [1.82, 2.24) is 9.88 Å². The van der Waals surface area contributed by atoms with E-state index in [1.54, 1.807) is 11.1 Å². The van der Waals surface area contributed by atoms with Gasteiger partial charge in [0.05, 0.1) is 12.7 Å². The smallest absolute Gasteiger partial charge is 0.223 e. The van der Waals surface area contributed by atoms with E-state index >= 15 is 0 Å². The van der Waals surface area contributed by atoms with Crippen molar-refractivity contribution in [2.45, 2.75) is 13.0 Å². The highest BCUT2D eigenvalue weighted by Crippen LogP contribution is 2.20. The summed E-state index contributed by atoms with van der Waals surface area (Å²) in [4.78, 5) is 17.0. The maximum Gasteiger partial charge on any atom is 0.223 e. The fraction of sp³-hybridized carbons (Fsp3) is 0.556. The van der Waals surface area contributed by atoms with Crippen LogP contribution >= 0.6 is 11.6 Å². The third-order valence-electron chi connectivity index (χ3n) is 2.34. The van der Waals surface area contributed by atoms with Crippen molar-refractivity contribution in [3.05, 3.63) is 18.4 Å². The highest BCUT2D eigenvalue weighted by atomic mass is 35.5. The molecule has 1 aromatic heterocycles. The lowest BCUT2D eigenvalue weighted by molar-refractivity contribution is -0.128. The Morgan fingerprint density at radius 2 is 2.57 bits per heavy atom. The molecular weight excluding hydrogens is 204 g/mol. The topological polar surface area (TPSA) is 46.3 Å². The van der Waals surface area contributed by atoms with Crippen LogP contribution in [0.3, 0.4) is 0 Å². The Balaban J connectivity index is 1.96. The number of aromatic nitrogens is 1. The van der Waals surface area contributed by atoms with Crippen LogP contribution in [0.25, 0.3) is 0 Å². The highest BCUT2D eigenvalue weighted by molar-refractivity contribution is 6.18. The highest BCUT2D eigenvalue weighted by Gasteiger charge is 2.29. The number of amides is 1. The molecule has 0 saturated carbocycles. The summed E-state index contributed by atoms with van der Waals surface area (Å²) in [6.45, 7) is 1.23. The van der Waals surface area contributed by atoms with Crippen LogP contribution in [0.1, 0.15) is 12.2 Å². The summed E-state index contributed by atoms with van der Waals surface area (Å²) in [6, 6.07) is 0. The fourth-order valence-electron chi connectivity index (χ4n) is 1.62. The predicted octanol–water partition coefficient (Wildman–Crippen LogP) is 1.26. The molecule has 1 unspecified atom stereocenters. The van der Waals surface area contributed by atoms with E-state index in [-0.39, 0.29) is 11.8 Å². The molecule has 5 heteroatoms. The molecule has 14 heavy (non-hydrogen) atoms. The molecule has 2 rings (SSSR count). The summed E-state index contributed by atoms with van der Waals surface area (Å²) < 4.78 is 5.07. The second-order valence-corrected chi connectivity index (χ2v) is 3.78. The minimum Gasteiger partial charge on any atom is -0.447 e. The number of halogens is 1. The van der Waals surface area contributed by atoms with Gasteiger partial charge in [0, 0.05) is 18.8 Å². The van der Waals surface area contributed by atoms with Gasteiger partial charge in [-0.2, -0.15) is 0 Å². The quantitative estimate of drug-likeness (QED) is 0.712. The van der Waals surface area contributed by atoms with Gasteiger partial charge in [0.1, 0.15) is 5.76 Å². The van der Waals surface area contributed by atoms with Crippen LogP contribution in [0, 0.1) is 5.92 Å². The number of nitrogens with zero attached hydrogens (tertiary/aromatic N) is 2. The summed E-state index contributed by atoms with van der Waals surface area (Å²) in [6.07, 6.45) is 3.55. The molecule has 1 fully saturated rings. The van der Waals surface area contributed by atoms with Crippen molar-refractivity contribution >= 4 is 17.5 Å². The molecule has 0 aromatic carbocycles. The van der Waals surface area contributed by atoms with Gasteiger partial charge >= 0.3 is 0 Å². The first kappa shape index (κ1) is 9.52. The zero-order chi connectivity index (χ0) is 9.97. The van der Waals surface area contributed by atoms with Gasteiger partial charge in [-0.3, -0.25) is 4.79 Å². The molecular formula is C9H11ClN2O2. The van der Waals surface area contributed by atoms with Crippen LogP contribution in [0.2, 0.25) is 0 Å². The second-order valence-electron chi connectivity index (χ2n) is 3.47. The van der Waals surface area contributed by atoms with E-state index in [4.69, 9.17) is 16.0 Å². The Morgan fingerprint density at radius 3 is 3.14 bits per heavy atom. The van der Waals surface area contributed by atoms with Gasteiger partial charge in [-0.1, -0.05) is 0 Å². The molecule has 0 radical (unpaired) electrons. The Kier molecular flexibility index (Phi) is 2.72. The fourth-order valence-corrected chi connectivity index (χ4v) is 1.83. The molecule has 1 aliphatic rings. The number of oxazole rings is 1. The lowest BCUT2D eigenvalue weighted by Crippen LogP contribution is -2.24. The summed E-state index contributed by atoms with van der Waals surface area (Å²) in [5, 5.41) is 0. The third-order valence-corrected chi connectivity index (χ3v) is 2.78. The van der Waals surface area contributed by atoms with Crippen LogP contribution in [0.15, 0.2) is 17.0 Å². The van der Waals surface area contributed by atoms with Crippen LogP contribution < -0.4 is 0 Å². The first-order valence-corrected chi connectivity index (χ1v) is 5.04. The molecule has 0 spiro atoms. The summed E-state index contributed by atoms with van der Waals surface area (Å²) in [5.74, 6) is 1.69. The second kappa shape index (κ2) is 4.00. The molecule has 1 amide bonds. The number of likely N-dealkylation sites (tertiary alicyclic amines) is 1. The number of rotatable bonds is 3. The molecule has 1 aliphatic heterocycles. The van der Waals surface area contributed by atoms with Crippen molar-refractivity contribution in [1.29, 1.82) is 0 Å². The van der Waals surface area contributed by atoms with Crippen molar-refractivity contribution < 1.29 is 9.21 Å². The van der Waals surface area contributed by atoms with E-state index in [2.05, 4.69) is 4.98 Å². The first-order chi connectivity index (χ1) is 6.79. The summed E-state index contributed by atoms with van der Waals surface area (Å²) in [7, 11) is 0. The van der Waals surface area contributed by atoms with Crippen molar-refractivity contribution in [3.8, 4) is 0 Å². The summed E-state index contributed by atoms with van der Waals surface area (Å²) in [5.41, 5.74) is 0. The van der Waals surface area contributed by atoms with Gasteiger partial charge in [0.15, 0.2) is 6.39 Å². The number of hydrogen-bond acceptors (Lipinski definition) is 3. The number of alkyl halides is 1. The van der Waals surface area contributed by atoms with Crippen molar-refractivity contribution in [3.63, 3.8) is 0 Å². The van der Waals surface area contributed by atoms with Gasteiger partial charge in [0.2, 0.25) is 5.91 Å². The van der Waals surface area contributed by atoms with Gasteiger partial charge in [-0.05, 0) is 5.92 Å². The molecule has 1 saturated heterocycles. The van der Waals surface area contributed by atoms with Gasteiger partial charge in [-0.25, -0.2) is 4.98 Å². The zero-order valence-corrected chi connectivity index (χ0v) is 8.41. The van der Waals surface area contributed by atoms with Crippen LogP contribution in [-0.4, -0.2) is 28.2 Å². The molecule has 1 atom stereocenters. The van der Waals surface area contributed by atoms with Crippen molar-refractivity contribution in [2.75, 3.05) is 12.4 Å². The molecule has 4 nitrogen and oxygen atoms in total. The molecule has 1 aromatic rings. The average Bonchev–Trinajstić information content (AvgIpc) is 2.78. The molecule has 2 heterocycles. The van der Waals surface area contributed by atoms with E-state index in [1.165, 1.54) is 6.39 Å². The van der Waals surface area contributed by atoms with E-state index in [1.807, 2.05) is 0 Å². The average molecular weight is 215 g/mol. The molecule has 76 valence electrons. The lowest BCUT2D eigenvalue weighted by atomic mass is 10.1. The van der Waals surface area contributed by atoms with Crippen LogP contribution in [0.5, 0.6) is 0 Å². The zero-order valence-electron chi connectivity index (χ0n) is 7.65. The first-order valence-electron chi connectivity index (χ1n) is 4.50. The standard InChI is InChI=1S/C9H11ClN2O2/c10-2-7-1-9(13)12(4-7)5-8-3-11-6-14-8/h3,6-7H,1-2,4-5H2. The maximum atomic E-state index is 11.5. The third kappa shape index (κ3) is 1.90. The number of carbonyl (C=O) groups excluding carboxylic acids is 1. The van der Waals surface area contributed by atoms with Crippen LogP contribution in [-0.2, 0) is 11.3 Å². The monoisotopic (exact) mass is 214 g/mol. The number of hydrogen-bond donors (Lipinski definition) is 0. The molecule has 0 aliphatic carbocycles. The predicted molar refractivity (Wildman–Crippen MR) is 50.7 cm³/mol. The Labute approximate surface area is 86.9 Å². The van der Waals surface area contributed by atoms with Crippen molar-refractivity contribution in [2.24, 2.45) is 5.92 Å². The Hall–Kier alpha value is -1.03. The summed E-state index contributed by atoms with van der Waals surface area (Å²) >= 11 is 5.71. The van der Waals surface area contributed by atoms with Gasteiger partial charge in [-0.15, -0.1) is 11.6 Å². The van der Waals surface area contributed by atoms with E-state index < -0.39 is 0 Å². The normalized spacial score (nSPS) is 21.9. The minimum absolute atomic E-state index is 0.145. The van der Waals surface area contributed by atoms with Gasteiger partial charge < -0.3 is 9.32 Å². The van der Waals surface area contributed by atoms with E-state index in [0.717, 1.165) is 6.54 Å². The largest absolute Gasteiger partial charge is 0.447 e. The molecule has 0 bridgehead atoms. The molecule has 0 N–H and O–H groups in total. The van der Waals surface area contributed by atoms with Crippen LogP contribution in [0.4, 0.5) is 0 Å². The SMILES string of the molecule is O=C1CC(CCl)CN1Cc1cnco1. The lowest BCUT2D eigenvalue weighted by Gasteiger charge is -2.13. The van der Waals surface area contributed by atoms with Gasteiger partial charge in [0.25, 0.3) is 0 Å². The Bertz CT molecular complexity index is 313. The van der Waals surface area contributed by atoms with E-state index in [9.17, 15) is 4.79 Å².